The van der Waals surface area contributed by atoms with Crippen LogP contribution in [0.4, 0.5) is 5.69 Å². The number of halogens is 2. The molecule has 3 aromatic rings. The fourth-order valence-electron chi connectivity index (χ4n) is 2.90. The molecular formula is C20H16Cl2N2O4. The minimum atomic E-state index is -1.18. The van der Waals surface area contributed by atoms with Gasteiger partial charge >= 0.3 is 11.9 Å². The predicted molar refractivity (Wildman–Crippen MR) is 111 cm³/mol. The van der Waals surface area contributed by atoms with Gasteiger partial charge in [-0.05, 0) is 42.8 Å². The van der Waals surface area contributed by atoms with Crippen LogP contribution in [-0.4, -0.2) is 28.6 Å². The molecular weight excluding hydrogens is 403 g/mol. The van der Waals surface area contributed by atoms with Crippen molar-refractivity contribution in [1.29, 1.82) is 0 Å². The molecule has 0 radical (unpaired) electrons. The van der Waals surface area contributed by atoms with Gasteiger partial charge in [-0.25, -0.2) is 9.59 Å². The maximum Gasteiger partial charge on any atom is 0.355 e. The van der Waals surface area contributed by atoms with Gasteiger partial charge in [-0.2, -0.15) is 0 Å². The molecule has 4 N–H and O–H groups in total. The zero-order chi connectivity index (χ0) is 20.4. The van der Waals surface area contributed by atoms with E-state index in [4.69, 9.17) is 33.7 Å². The molecule has 0 aliphatic rings. The second-order valence-corrected chi connectivity index (χ2v) is 6.78. The molecule has 1 aromatic heterocycles. The Morgan fingerprint density at radius 1 is 1.25 bits per heavy atom. The standard InChI is InChI=1S/C20H16Cl2N2O4/c1-2-28-20(27)18-14(17-15(22)7-11(21)8-16(17)24-18)9-13(19(25)26)10-4-3-5-12(23)6-10/h3-9,24H,2,23H2,1H3,(H,25,26)/b13-9+. The van der Waals surface area contributed by atoms with Crippen molar-refractivity contribution in [2.45, 2.75) is 6.92 Å². The van der Waals surface area contributed by atoms with E-state index < -0.39 is 11.9 Å². The molecule has 0 saturated heterocycles. The van der Waals surface area contributed by atoms with Crippen molar-refractivity contribution in [3.63, 3.8) is 0 Å². The molecule has 2 aromatic carbocycles. The van der Waals surface area contributed by atoms with E-state index in [2.05, 4.69) is 4.98 Å². The van der Waals surface area contributed by atoms with E-state index in [1.807, 2.05) is 0 Å². The number of aromatic amines is 1. The van der Waals surface area contributed by atoms with Crippen LogP contribution < -0.4 is 5.73 Å². The van der Waals surface area contributed by atoms with E-state index in [0.717, 1.165) is 0 Å². The van der Waals surface area contributed by atoms with Crippen LogP contribution in [0.2, 0.25) is 10.0 Å². The molecule has 0 bridgehead atoms. The summed E-state index contributed by atoms with van der Waals surface area (Å²) in [6.45, 7) is 1.84. The number of carboxylic acid groups (broad SMARTS) is 1. The molecule has 8 heteroatoms. The van der Waals surface area contributed by atoms with Gasteiger partial charge in [-0.3, -0.25) is 0 Å². The highest BCUT2D eigenvalue weighted by molar-refractivity contribution is 6.39. The zero-order valence-electron chi connectivity index (χ0n) is 14.8. The van der Waals surface area contributed by atoms with Crippen LogP contribution >= 0.6 is 23.2 Å². The van der Waals surface area contributed by atoms with Crippen LogP contribution in [0.5, 0.6) is 0 Å². The average Bonchev–Trinajstić information content (AvgIpc) is 2.98. The minimum Gasteiger partial charge on any atom is -0.478 e. The second kappa shape index (κ2) is 7.96. The number of anilines is 1. The topological polar surface area (TPSA) is 105 Å². The predicted octanol–water partition coefficient (Wildman–Crippen LogP) is 4.86. The van der Waals surface area contributed by atoms with Crippen molar-refractivity contribution in [2.24, 2.45) is 0 Å². The Morgan fingerprint density at radius 3 is 2.64 bits per heavy atom. The Labute approximate surface area is 170 Å². The number of hydrogen-bond donors (Lipinski definition) is 3. The summed E-state index contributed by atoms with van der Waals surface area (Å²) in [5.74, 6) is -1.81. The number of nitrogens with two attached hydrogens (primary N) is 1. The van der Waals surface area contributed by atoms with Gasteiger partial charge in [0.15, 0.2) is 0 Å². The lowest BCUT2D eigenvalue weighted by molar-refractivity contribution is -0.130. The number of carbonyl (C=O) groups is 2. The molecule has 0 atom stereocenters. The number of carbonyl (C=O) groups excluding carboxylic acids is 1. The number of benzene rings is 2. The van der Waals surface area contributed by atoms with Gasteiger partial charge in [-0.15, -0.1) is 0 Å². The number of carboxylic acids is 1. The first kappa shape index (κ1) is 19.8. The number of ether oxygens (including phenoxy) is 1. The Morgan fingerprint density at radius 2 is 2.00 bits per heavy atom. The van der Waals surface area contributed by atoms with E-state index in [0.29, 0.717) is 32.7 Å². The number of esters is 1. The van der Waals surface area contributed by atoms with Crippen LogP contribution in [-0.2, 0) is 9.53 Å². The molecule has 144 valence electrons. The number of rotatable bonds is 5. The molecule has 0 saturated carbocycles. The van der Waals surface area contributed by atoms with E-state index in [9.17, 15) is 14.7 Å². The molecule has 6 nitrogen and oxygen atoms in total. The number of fused-ring (bicyclic) bond motifs is 1. The van der Waals surface area contributed by atoms with Crippen molar-refractivity contribution in [1.82, 2.24) is 4.98 Å². The van der Waals surface area contributed by atoms with Crippen LogP contribution in [0, 0.1) is 0 Å². The summed E-state index contributed by atoms with van der Waals surface area (Å²) in [6, 6.07) is 9.58. The van der Waals surface area contributed by atoms with E-state index in [1.165, 1.54) is 18.2 Å². The Balaban J connectivity index is 2.32. The van der Waals surface area contributed by atoms with Gasteiger partial charge in [0.2, 0.25) is 0 Å². The maximum atomic E-state index is 12.4. The molecule has 28 heavy (non-hydrogen) atoms. The molecule has 0 amide bonds. The van der Waals surface area contributed by atoms with Gasteiger partial charge in [0, 0.05) is 27.2 Å². The summed E-state index contributed by atoms with van der Waals surface area (Å²) < 4.78 is 5.09. The van der Waals surface area contributed by atoms with Crippen LogP contribution in [0.3, 0.4) is 0 Å². The lowest BCUT2D eigenvalue weighted by atomic mass is 10.0. The third-order valence-corrected chi connectivity index (χ3v) is 4.57. The summed E-state index contributed by atoms with van der Waals surface area (Å²) in [4.78, 5) is 27.3. The summed E-state index contributed by atoms with van der Waals surface area (Å²) in [6.07, 6.45) is 1.38. The van der Waals surface area contributed by atoms with Crippen molar-refractivity contribution >= 4 is 63.4 Å². The van der Waals surface area contributed by atoms with Crippen LogP contribution in [0.15, 0.2) is 36.4 Å². The van der Waals surface area contributed by atoms with Gasteiger partial charge in [0.1, 0.15) is 5.69 Å². The number of nitrogens with one attached hydrogen (secondary N) is 1. The third-order valence-electron chi connectivity index (χ3n) is 4.05. The lowest BCUT2D eigenvalue weighted by Crippen LogP contribution is -2.07. The average molecular weight is 419 g/mol. The molecule has 0 fully saturated rings. The van der Waals surface area contributed by atoms with Crippen molar-refractivity contribution < 1.29 is 19.4 Å². The molecule has 0 aliphatic carbocycles. The first-order chi connectivity index (χ1) is 13.3. The highest BCUT2D eigenvalue weighted by atomic mass is 35.5. The Bertz CT molecular complexity index is 1120. The molecule has 0 unspecified atom stereocenters. The summed E-state index contributed by atoms with van der Waals surface area (Å²) >= 11 is 12.4. The number of hydrogen-bond acceptors (Lipinski definition) is 4. The second-order valence-electron chi connectivity index (χ2n) is 5.93. The summed E-state index contributed by atoms with van der Waals surface area (Å²) in [7, 11) is 0. The SMILES string of the molecule is CCOC(=O)c1[nH]c2cc(Cl)cc(Cl)c2c1/C=C(/C(=O)O)c1cccc(N)c1. The number of aliphatic carboxylic acids is 1. The molecule has 3 rings (SSSR count). The van der Waals surface area contributed by atoms with Crippen molar-refractivity contribution in [3.05, 3.63) is 63.3 Å². The van der Waals surface area contributed by atoms with E-state index >= 15 is 0 Å². The molecule has 1 heterocycles. The monoisotopic (exact) mass is 418 g/mol. The fourth-order valence-corrected chi connectivity index (χ4v) is 3.50. The van der Waals surface area contributed by atoms with E-state index in [-0.39, 0.29) is 22.9 Å². The maximum absolute atomic E-state index is 12.4. The number of aromatic nitrogens is 1. The number of H-pyrrole nitrogens is 1. The Kier molecular flexibility index (Phi) is 5.63. The van der Waals surface area contributed by atoms with Gasteiger partial charge in [0.25, 0.3) is 0 Å². The van der Waals surface area contributed by atoms with Gasteiger partial charge < -0.3 is 20.6 Å². The van der Waals surface area contributed by atoms with Gasteiger partial charge in [0.05, 0.1) is 17.2 Å². The molecule has 0 spiro atoms. The third kappa shape index (κ3) is 3.83. The lowest BCUT2D eigenvalue weighted by Gasteiger charge is -2.06. The Hall–Kier alpha value is -2.96. The summed E-state index contributed by atoms with van der Waals surface area (Å²) in [5, 5.41) is 10.9. The zero-order valence-corrected chi connectivity index (χ0v) is 16.3. The van der Waals surface area contributed by atoms with E-state index in [1.54, 1.807) is 31.2 Å². The highest BCUT2D eigenvalue weighted by Gasteiger charge is 2.22. The largest absolute Gasteiger partial charge is 0.478 e. The van der Waals surface area contributed by atoms with Crippen LogP contribution in [0.1, 0.15) is 28.5 Å². The summed E-state index contributed by atoms with van der Waals surface area (Å²) in [5.41, 5.74) is 7.42. The first-order valence-corrected chi connectivity index (χ1v) is 9.06. The quantitative estimate of drug-likeness (QED) is 0.311. The smallest absolute Gasteiger partial charge is 0.355 e. The minimum absolute atomic E-state index is 0.0511. The molecule has 0 aliphatic heterocycles. The van der Waals surface area contributed by atoms with Gasteiger partial charge in [-0.1, -0.05) is 35.3 Å². The first-order valence-electron chi connectivity index (χ1n) is 8.30. The van der Waals surface area contributed by atoms with Crippen LogP contribution in [0.25, 0.3) is 22.6 Å². The van der Waals surface area contributed by atoms with Crippen molar-refractivity contribution in [3.8, 4) is 0 Å². The number of nitrogen functional groups attached to an aromatic ring is 1. The normalized spacial score (nSPS) is 11.6. The fraction of sp³-hybridized carbons (Fsp3) is 0.100. The highest BCUT2D eigenvalue weighted by Crippen LogP contribution is 2.35. The van der Waals surface area contributed by atoms with Crippen molar-refractivity contribution in [2.75, 3.05) is 12.3 Å².